The molecule has 1 aliphatic carbocycles. The molecule has 2 rings (SSSR count). The lowest BCUT2D eigenvalue weighted by Gasteiger charge is -2.32. The van der Waals surface area contributed by atoms with E-state index in [1.807, 2.05) is 0 Å². The highest BCUT2D eigenvalue weighted by molar-refractivity contribution is 7.11. The molecule has 0 bridgehead atoms. The zero-order valence-corrected chi connectivity index (χ0v) is 10.2. The molecule has 0 unspecified atom stereocenters. The van der Waals surface area contributed by atoms with Gasteiger partial charge in [-0.1, -0.05) is 13.3 Å². The van der Waals surface area contributed by atoms with Gasteiger partial charge in [-0.2, -0.15) is 5.26 Å². The lowest BCUT2D eigenvalue weighted by molar-refractivity contribution is 0.322. The first-order valence-corrected chi connectivity index (χ1v) is 6.41. The smallest absolute Gasteiger partial charge is 0.113 e. The summed E-state index contributed by atoms with van der Waals surface area (Å²) in [5, 5.41) is 10.3. The predicted molar refractivity (Wildman–Crippen MR) is 62.0 cm³/mol. The Morgan fingerprint density at radius 1 is 1.53 bits per heavy atom. The van der Waals surface area contributed by atoms with Gasteiger partial charge in [0.05, 0.1) is 11.8 Å². The largest absolute Gasteiger partial charge is 0.244 e. The van der Waals surface area contributed by atoms with Gasteiger partial charge in [0.2, 0.25) is 0 Å². The van der Waals surface area contributed by atoms with E-state index in [-0.39, 0.29) is 5.41 Å². The van der Waals surface area contributed by atoms with Crippen LogP contribution < -0.4 is 0 Å². The Morgan fingerprint density at radius 3 is 2.73 bits per heavy atom. The monoisotopic (exact) mass is 220 g/mol. The Bertz CT molecular complexity index is 396. The number of nitrogens with zero attached hydrogens (tertiary/aromatic N) is 2. The Morgan fingerprint density at radius 2 is 2.27 bits per heavy atom. The lowest BCUT2D eigenvalue weighted by atomic mass is 9.70. The van der Waals surface area contributed by atoms with E-state index in [9.17, 15) is 5.26 Å². The lowest BCUT2D eigenvalue weighted by Crippen LogP contribution is -2.32. The summed E-state index contributed by atoms with van der Waals surface area (Å²) in [5.74, 6) is 0. The fraction of sp³-hybridized carbons (Fsp3) is 0.667. The van der Waals surface area contributed by atoms with Gasteiger partial charge in [0.15, 0.2) is 0 Å². The maximum Gasteiger partial charge on any atom is 0.113 e. The van der Waals surface area contributed by atoms with Crippen molar-refractivity contribution in [3.05, 3.63) is 15.6 Å². The van der Waals surface area contributed by atoms with Gasteiger partial charge in [0, 0.05) is 4.88 Å². The zero-order chi connectivity index (χ0) is 10.9. The number of hydrogen-bond donors (Lipinski definition) is 0. The first kappa shape index (κ1) is 10.6. The van der Waals surface area contributed by atoms with Crippen LogP contribution in [0.1, 0.15) is 48.2 Å². The van der Waals surface area contributed by atoms with Crippen LogP contribution in [0.4, 0.5) is 0 Å². The molecule has 0 amide bonds. The third-order valence-electron chi connectivity index (χ3n) is 3.21. The zero-order valence-electron chi connectivity index (χ0n) is 9.34. The number of hydrogen-bond acceptors (Lipinski definition) is 3. The van der Waals surface area contributed by atoms with Crippen molar-refractivity contribution in [2.24, 2.45) is 0 Å². The van der Waals surface area contributed by atoms with Crippen molar-refractivity contribution in [1.82, 2.24) is 4.98 Å². The van der Waals surface area contributed by atoms with Crippen molar-refractivity contribution in [1.29, 1.82) is 5.26 Å². The van der Waals surface area contributed by atoms with E-state index >= 15 is 0 Å². The molecule has 0 N–H and O–H groups in total. The van der Waals surface area contributed by atoms with Crippen molar-refractivity contribution in [3.63, 3.8) is 0 Å². The van der Waals surface area contributed by atoms with E-state index < -0.39 is 0 Å². The maximum atomic E-state index is 9.24. The SMILES string of the molecule is CCCc1nc(C2(C#N)CCC2)sc1C. The molecule has 1 fully saturated rings. The highest BCUT2D eigenvalue weighted by Crippen LogP contribution is 2.45. The molecular weight excluding hydrogens is 204 g/mol. The van der Waals surface area contributed by atoms with Crippen LogP contribution in [-0.4, -0.2) is 4.98 Å². The summed E-state index contributed by atoms with van der Waals surface area (Å²) >= 11 is 1.73. The summed E-state index contributed by atoms with van der Waals surface area (Å²) in [7, 11) is 0. The van der Waals surface area contributed by atoms with E-state index in [4.69, 9.17) is 0 Å². The van der Waals surface area contributed by atoms with Crippen LogP contribution in [-0.2, 0) is 11.8 Å². The second-order valence-corrected chi connectivity index (χ2v) is 5.52. The van der Waals surface area contributed by atoms with Crippen molar-refractivity contribution in [3.8, 4) is 6.07 Å². The summed E-state index contributed by atoms with van der Waals surface area (Å²) in [4.78, 5) is 5.96. The molecule has 15 heavy (non-hydrogen) atoms. The minimum absolute atomic E-state index is 0.221. The van der Waals surface area contributed by atoms with E-state index in [1.54, 1.807) is 11.3 Å². The van der Waals surface area contributed by atoms with Gasteiger partial charge in [-0.3, -0.25) is 0 Å². The van der Waals surface area contributed by atoms with Gasteiger partial charge >= 0.3 is 0 Å². The Hall–Kier alpha value is -0.880. The number of aryl methyl sites for hydroxylation is 2. The average molecular weight is 220 g/mol. The van der Waals surface area contributed by atoms with Gasteiger partial charge < -0.3 is 0 Å². The summed E-state index contributed by atoms with van der Waals surface area (Å²) in [6.07, 6.45) is 5.35. The van der Waals surface area contributed by atoms with Gasteiger partial charge in [-0.15, -0.1) is 11.3 Å². The van der Waals surface area contributed by atoms with Crippen LogP contribution >= 0.6 is 11.3 Å². The molecule has 3 heteroatoms. The van der Waals surface area contributed by atoms with E-state index in [2.05, 4.69) is 24.9 Å². The predicted octanol–water partition coefficient (Wildman–Crippen LogP) is 3.35. The third-order valence-corrected chi connectivity index (χ3v) is 4.43. The fourth-order valence-electron chi connectivity index (χ4n) is 2.01. The molecule has 2 nitrogen and oxygen atoms in total. The topological polar surface area (TPSA) is 36.7 Å². The molecule has 0 spiro atoms. The maximum absolute atomic E-state index is 9.24. The Balaban J connectivity index is 2.30. The summed E-state index contributed by atoms with van der Waals surface area (Å²) < 4.78 is 0. The highest BCUT2D eigenvalue weighted by atomic mass is 32.1. The molecule has 0 atom stereocenters. The van der Waals surface area contributed by atoms with Crippen LogP contribution in [0.3, 0.4) is 0 Å². The number of thiazole rings is 1. The quantitative estimate of drug-likeness (QED) is 0.783. The van der Waals surface area contributed by atoms with Gasteiger partial charge in [0.1, 0.15) is 10.4 Å². The van der Waals surface area contributed by atoms with E-state index in [0.29, 0.717) is 0 Å². The van der Waals surface area contributed by atoms with E-state index in [1.165, 1.54) is 17.0 Å². The average Bonchev–Trinajstić information content (AvgIpc) is 2.48. The molecule has 0 aliphatic heterocycles. The fourth-order valence-corrected chi connectivity index (χ4v) is 3.16. The van der Waals surface area contributed by atoms with Crippen molar-refractivity contribution in [2.75, 3.05) is 0 Å². The van der Waals surface area contributed by atoms with Gasteiger partial charge in [-0.25, -0.2) is 4.98 Å². The molecule has 0 radical (unpaired) electrons. The molecule has 1 heterocycles. The Labute approximate surface area is 95.0 Å². The molecule has 1 aromatic heterocycles. The molecule has 1 aliphatic rings. The van der Waals surface area contributed by atoms with Crippen LogP contribution in [0.2, 0.25) is 0 Å². The second kappa shape index (κ2) is 3.94. The minimum Gasteiger partial charge on any atom is -0.244 e. The highest BCUT2D eigenvalue weighted by Gasteiger charge is 2.42. The van der Waals surface area contributed by atoms with Gasteiger partial charge in [0.25, 0.3) is 0 Å². The molecular formula is C12H16N2S. The number of rotatable bonds is 3. The third kappa shape index (κ3) is 1.68. The first-order valence-electron chi connectivity index (χ1n) is 5.60. The summed E-state index contributed by atoms with van der Waals surface area (Å²) in [6, 6.07) is 2.46. The van der Waals surface area contributed by atoms with Crippen molar-refractivity contribution in [2.45, 2.75) is 51.4 Å². The summed E-state index contributed by atoms with van der Waals surface area (Å²) in [6.45, 7) is 4.29. The molecule has 80 valence electrons. The van der Waals surface area contributed by atoms with E-state index in [0.717, 1.165) is 30.7 Å². The molecule has 0 aromatic carbocycles. The second-order valence-electron chi connectivity index (χ2n) is 4.32. The number of aromatic nitrogens is 1. The normalized spacial score (nSPS) is 18.2. The van der Waals surface area contributed by atoms with Crippen LogP contribution in [0.5, 0.6) is 0 Å². The van der Waals surface area contributed by atoms with Crippen molar-refractivity contribution >= 4 is 11.3 Å². The molecule has 1 saturated carbocycles. The number of nitriles is 1. The minimum atomic E-state index is -0.221. The summed E-state index contributed by atoms with van der Waals surface area (Å²) in [5.41, 5.74) is 0.987. The molecule has 0 saturated heterocycles. The molecule has 1 aromatic rings. The first-order chi connectivity index (χ1) is 7.22. The van der Waals surface area contributed by atoms with Crippen LogP contribution in [0.15, 0.2) is 0 Å². The van der Waals surface area contributed by atoms with Crippen LogP contribution in [0, 0.1) is 18.3 Å². The standard InChI is InChI=1S/C12H16N2S/c1-3-5-10-9(2)15-11(14-10)12(8-13)6-4-7-12/h3-7H2,1-2H3. The Kier molecular flexibility index (Phi) is 2.79. The van der Waals surface area contributed by atoms with Crippen LogP contribution in [0.25, 0.3) is 0 Å². The van der Waals surface area contributed by atoms with Gasteiger partial charge in [-0.05, 0) is 32.6 Å². The van der Waals surface area contributed by atoms with Crippen molar-refractivity contribution < 1.29 is 0 Å².